The van der Waals surface area contributed by atoms with E-state index in [9.17, 15) is 18.0 Å². The number of likely N-dealkylation sites (tertiary alicyclic amines) is 1. The van der Waals surface area contributed by atoms with E-state index in [0.717, 1.165) is 0 Å². The molecule has 2 heterocycles. The Labute approximate surface area is 141 Å². The van der Waals surface area contributed by atoms with Crippen LogP contribution in [0.4, 0.5) is 13.2 Å². The van der Waals surface area contributed by atoms with Gasteiger partial charge in [0, 0.05) is 19.2 Å². The highest BCUT2D eigenvalue weighted by atomic mass is 35.5. The normalized spacial score (nSPS) is 20.7. The zero-order valence-corrected chi connectivity index (χ0v) is 13.4. The number of ether oxygens (including phenoxy) is 2. The van der Waals surface area contributed by atoms with E-state index in [4.69, 9.17) is 21.1 Å². The quantitative estimate of drug-likeness (QED) is 0.750. The molecule has 0 N–H and O–H groups in total. The molecule has 1 saturated heterocycles. The molecule has 0 aromatic heterocycles. The molecule has 24 heavy (non-hydrogen) atoms. The van der Waals surface area contributed by atoms with Crippen LogP contribution in [0.5, 0.6) is 11.5 Å². The molecule has 4 nitrogen and oxygen atoms in total. The summed E-state index contributed by atoms with van der Waals surface area (Å²) in [6.45, 7) is 0.111. The number of nitrogens with zero attached hydrogens (tertiary/aromatic N) is 1. The molecule has 8 heteroatoms. The molecule has 130 valence electrons. The first-order valence-electron chi connectivity index (χ1n) is 7.47. The fraction of sp³-hybridized carbons (Fsp3) is 0.438. The summed E-state index contributed by atoms with van der Waals surface area (Å²) in [6.07, 6.45) is -1.10. The van der Waals surface area contributed by atoms with E-state index in [1.165, 1.54) is 17.1 Å². The van der Waals surface area contributed by atoms with E-state index in [2.05, 4.69) is 0 Å². The number of carbonyl (C=O) groups is 1. The van der Waals surface area contributed by atoms with Crippen LogP contribution in [0.2, 0.25) is 5.02 Å². The Morgan fingerprint density at radius 2 is 2.12 bits per heavy atom. The summed E-state index contributed by atoms with van der Waals surface area (Å²) in [4.78, 5) is 13.4. The molecule has 3 rings (SSSR count). The Morgan fingerprint density at radius 1 is 1.33 bits per heavy atom. The van der Waals surface area contributed by atoms with Crippen LogP contribution in [-0.4, -0.2) is 36.9 Å². The van der Waals surface area contributed by atoms with Gasteiger partial charge in [0.2, 0.25) is 12.7 Å². The first-order chi connectivity index (χ1) is 11.3. The van der Waals surface area contributed by atoms with Crippen LogP contribution in [0.1, 0.15) is 18.4 Å². The fourth-order valence-corrected chi connectivity index (χ4v) is 3.07. The molecular weight excluding hydrogens is 347 g/mol. The standard InChI is InChI=1S/C16H15ClF3NO3/c17-12-6-10(7-13-15(12)24-9-23-13)3-4-14(22)21-5-1-2-11(8-21)16(18,19)20/h3-4,6-7,11H,1-2,5,8-9H2/b4-3+. The third kappa shape index (κ3) is 3.61. The highest BCUT2D eigenvalue weighted by Gasteiger charge is 2.42. The van der Waals surface area contributed by atoms with Gasteiger partial charge in [0.05, 0.1) is 10.9 Å². The van der Waals surface area contributed by atoms with E-state index in [1.807, 2.05) is 0 Å². The number of hydrogen-bond donors (Lipinski definition) is 0. The van der Waals surface area contributed by atoms with E-state index in [0.29, 0.717) is 35.1 Å². The summed E-state index contributed by atoms with van der Waals surface area (Å²) < 4.78 is 48.8. The lowest BCUT2D eigenvalue weighted by molar-refractivity contribution is -0.187. The Kier molecular flexibility index (Phi) is 4.62. The van der Waals surface area contributed by atoms with Crippen LogP contribution < -0.4 is 9.47 Å². The molecule has 0 saturated carbocycles. The van der Waals surface area contributed by atoms with Crippen molar-refractivity contribution in [3.05, 3.63) is 28.8 Å². The Balaban J connectivity index is 1.68. The van der Waals surface area contributed by atoms with Crippen LogP contribution >= 0.6 is 11.6 Å². The van der Waals surface area contributed by atoms with Gasteiger partial charge in [-0.15, -0.1) is 0 Å². The van der Waals surface area contributed by atoms with Crippen LogP contribution in [0.3, 0.4) is 0 Å². The van der Waals surface area contributed by atoms with Gasteiger partial charge < -0.3 is 14.4 Å². The second-order valence-electron chi connectivity index (χ2n) is 5.73. The number of halogens is 4. The van der Waals surface area contributed by atoms with Crippen molar-refractivity contribution >= 4 is 23.6 Å². The molecule has 1 aromatic rings. The van der Waals surface area contributed by atoms with E-state index in [1.54, 1.807) is 12.1 Å². The van der Waals surface area contributed by atoms with Crippen LogP contribution in [0, 0.1) is 5.92 Å². The van der Waals surface area contributed by atoms with Crippen molar-refractivity contribution in [3.63, 3.8) is 0 Å². The van der Waals surface area contributed by atoms with Crippen LogP contribution in [0.25, 0.3) is 6.08 Å². The number of rotatable bonds is 2. The fourth-order valence-electron chi connectivity index (χ4n) is 2.80. The molecule has 1 aromatic carbocycles. The van der Waals surface area contributed by atoms with Crippen molar-refractivity contribution in [2.24, 2.45) is 5.92 Å². The minimum atomic E-state index is -4.27. The van der Waals surface area contributed by atoms with E-state index in [-0.39, 0.29) is 19.8 Å². The van der Waals surface area contributed by atoms with Crippen molar-refractivity contribution in [3.8, 4) is 11.5 Å². The average molecular weight is 362 g/mol. The molecule has 0 radical (unpaired) electrons. The maximum absolute atomic E-state index is 12.8. The smallest absolute Gasteiger partial charge is 0.393 e. The third-order valence-electron chi connectivity index (χ3n) is 4.06. The monoisotopic (exact) mass is 361 g/mol. The first-order valence-corrected chi connectivity index (χ1v) is 7.85. The van der Waals surface area contributed by atoms with Crippen molar-refractivity contribution < 1.29 is 27.4 Å². The maximum atomic E-state index is 12.8. The van der Waals surface area contributed by atoms with Gasteiger partial charge in [-0.05, 0) is 36.6 Å². The number of amides is 1. The Morgan fingerprint density at radius 3 is 2.88 bits per heavy atom. The maximum Gasteiger partial charge on any atom is 0.393 e. The molecule has 1 fully saturated rings. The van der Waals surface area contributed by atoms with Gasteiger partial charge in [-0.1, -0.05) is 11.6 Å². The predicted molar refractivity (Wildman–Crippen MR) is 82.0 cm³/mol. The SMILES string of the molecule is O=C(/C=C/c1cc(Cl)c2c(c1)OCO2)N1CCCC(C(F)(F)F)C1. The second kappa shape index (κ2) is 6.55. The summed E-state index contributed by atoms with van der Waals surface area (Å²) >= 11 is 6.05. The summed E-state index contributed by atoms with van der Waals surface area (Å²) in [7, 11) is 0. The predicted octanol–water partition coefficient (Wildman–Crippen LogP) is 3.88. The molecule has 1 amide bonds. The first kappa shape index (κ1) is 17.0. The number of piperidine rings is 1. The highest BCUT2D eigenvalue weighted by molar-refractivity contribution is 6.32. The number of benzene rings is 1. The zero-order valence-electron chi connectivity index (χ0n) is 12.6. The third-order valence-corrected chi connectivity index (χ3v) is 4.34. The van der Waals surface area contributed by atoms with Gasteiger partial charge >= 0.3 is 6.18 Å². The molecule has 1 atom stereocenters. The average Bonchev–Trinajstić information content (AvgIpc) is 3.01. The van der Waals surface area contributed by atoms with E-state index < -0.39 is 18.0 Å². The molecule has 0 aliphatic carbocycles. The highest BCUT2D eigenvalue weighted by Crippen LogP contribution is 2.40. The molecule has 0 spiro atoms. The van der Waals surface area contributed by atoms with Crippen LogP contribution in [0.15, 0.2) is 18.2 Å². The van der Waals surface area contributed by atoms with Gasteiger partial charge in [0.25, 0.3) is 0 Å². The summed E-state index contributed by atoms with van der Waals surface area (Å²) in [6, 6.07) is 3.26. The largest absolute Gasteiger partial charge is 0.454 e. The lowest BCUT2D eigenvalue weighted by Crippen LogP contribution is -2.44. The summed E-state index contributed by atoms with van der Waals surface area (Å²) in [5, 5.41) is 0.354. The molecule has 2 aliphatic rings. The number of carbonyl (C=O) groups excluding carboxylic acids is 1. The van der Waals surface area contributed by atoms with Gasteiger partial charge in [-0.3, -0.25) is 4.79 Å². The van der Waals surface area contributed by atoms with Gasteiger partial charge in [-0.2, -0.15) is 13.2 Å². The molecule has 2 aliphatic heterocycles. The second-order valence-corrected chi connectivity index (χ2v) is 6.14. The molecular formula is C16H15ClF3NO3. The Hall–Kier alpha value is -1.89. The lowest BCUT2D eigenvalue weighted by Gasteiger charge is -2.33. The summed E-state index contributed by atoms with van der Waals surface area (Å²) in [5.74, 6) is -0.977. The minimum Gasteiger partial charge on any atom is -0.454 e. The molecule has 1 unspecified atom stereocenters. The van der Waals surface area contributed by atoms with Crippen molar-refractivity contribution in [1.29, 1.82) is 0 Å². The van der Waals surface area contributed by atoms with Crippen molar-refractivity contribution in [2.75, 3.05) is 19.9 Å². The van der Waals surface area contributed by atoms with Crippen molar-refractivity contribution in [1.82, 2.24) is 4.90 Å². The van der Waals surface area contributed by atoms with Gasteiger partial charge in [0.15, 0.2) is 11.5 Å². The molecule has 0 bridgehead atoms. The zero-order chi connectivity index (χ0) is 17.3. The summed E-state index contributed by atoms with van der Waals surface area (Å²) in [5.41, 5.74) is 0.613. The van der Waals surface area contributed by atoms with Gasteiger partial charge in [0.1, 0.15) is 0 Å². The van der Waals surface area contributed by atoms with Crippen LogP contribution in [-0.2, 0) is 4.79 Å². The van der Waals surface area contributed by atoms with Crippen molar-refractivity contribution in [2.45, 2.75) is 19.0 Å². The number of alkyl halides is 3. The van der Waals surface area contributed by atoms with Gasteiger partial charge in [-0.25, -0.2) is 0 Å². The Bertz CT molecular complexity index is 675. The minimum absolute atomic E-state index is 0.0642. The number of fused-ring (bicyclic) bond motifs is 1. The topological polar surface area (TPSA) is 38.8 Å². The lowest BCUT2D eigenvalue weighted by atomic mass is 9.97. The number of hydrogen-bond acceptors (Lipinski definition) is 3. The van der Waals surface area contributed by atoms with E-state index >= 15 is 0 Å².